The van der Waals surface area contributed by atoms with Gasteiger partial charge in [-0.3, -0.25) is 9.59 Å². The fourth-order valence-corrected chi connectivity index (χ4v) is 3.79. The molecule has 3 rings (SSSR count). The summed E-state index contributed by atoms with van der Waals surface area (Å²) in [6.07, 6.45) is 6.11. The number of ketones is 1. The van der Waals surface area contributed by atoms with E-state index in [2.05, 4.69) is 5.32 Å². The van der Waals surface area contributed by atoms with Gasteiger partial charge in [-0.1, -0.05) is 30.7 Å². The second-order valence-electron chi connectivity index (χ2n) is 7.74. The maximum atomic E-state index is 12.6. The second-order valence-corrected chi connectivity index (χ2v) is 7.74. The van der Waals surface area contributed by atoms with E-state index in [0.717, 1.165) is 42.5 Å². The molecule has 1 aliphatic rings. The van der Waals surface area contributed by atoms with Crippen LogP contribution in [-0.2, 0) is 14.3 Å². The first-order valence-electron chi connectivity index (χ1n) is 10.8. The number of benzene rings is 2. The fraction of sp³-hybridized carbons (Fsp3) is 0.360. The van der Waals surface area contributed by atoms with Crippen molar-refractivity contribution in [1.29, 1.82) is 0 Å². The van der Waals surface area contributed by atoms with Crippen molar-refractivity contribution in [3.05, 3.63) is 65.2 Å². The van der Waals surface area contributed by atoms with Crippen LogP contribution in [0.15, 0.2) is 48.5 Å². The Hall–Kier alpha value is -3.16. The van der Waals surface area contributed by atoms with E-state index in [4.69, 9.17) is 15.2 Å². The van der Waals surface area contributed by atoms with Gasteiger partial charge < -0.3 is 25.6 Å². The average Bonchev–Trinajstić information content (AvgIpc) is 3.18. The van der Waals surface area contributed by atoms with Crippen LogP contribution >= 0.6 is 0 Å². The Balaban J connectivity index is 1.68. The summed E-state index contributed by atoms with van der Waals surface area (Å²) in [4.78, 5) is 24.8. The van der Waals surface area contributed by atoms with Crippen LogP contribution in [0, 0.1) is 0 Å². The van der Waals surface area contributed by atoms with Gasteiger partial charge in [0.15, 0.2) is 5.78 Å². The monoisotopic (exact) mass is 438 g/mol. The van der Waals surface area contributed by atoms with Crippen LogP contribution in [0.4, 0.5) is 0 Å². The largest absolute Gasteiger partial charge is 0.508 e. The molecule has 32 heavy (non-hydrogen) atoms. The van der Waals surface area contributed by atoms with Gasteiger partial charge in [-0.15, -0.1) is 0 Å². The molecule has 0 bridgehead atoms. The van der Waals surface area contributed by atoms with Crippen LogP contribution in [0.25, 0.3) is 6.08 Å². The molecule has 0 spiro atoms. The standard InChI is InChI=1S/C25H30N2O5/c1-31-25(30)23-21-15-17(6-10-19(28)5-3-2-4-14-27-16-26)7-13-22(21)32-24(23)18-8-11-20(29)12-9-18/h6-13,15,23-24,27,29H,2-5,14,16,26H2,1H3/b10-6+. The Morgan fingerprint density at radius 1 is 1.16 bits per heavy atom. The molecule has 2 aromatic carbocycles. The van der Waals surface area contributed by atoms with Gasteiger partial charge in [0, 0.05) is 18.7 Å². The number of allylic oxidation sites excluding steroid dienone is 1. The molecule has 0 fully saturated rings. The number of esters is 1. The Labute approximate surface area is 188 Å². The number of hydrogen-bond donors (Lipinski definition) is 3. The summed E-state index contributed by atoms with van der Waals surface area (Å²) >= 11 is 0. The lowest BCUT2D eigenvalue weighted by Crippen LogP contribution is -2.23. The van der Waals surface area contributed by atoms with E-state index >= 15 is 0 Å². The molecule has 2 atom stereocenters. The lowest BCUT2D eigenvalue weighted by molar-refractivity contribution is -0.144. The molecular formula is C25H30N2O5. The van der Waals surface area contributed by atoms with Crippen molar-refractivity contribution in [2.75, 3.05) is 20.3 Å². The van der Waals surface area contributed by atoms with Crippen molar-refractivity contribution in [3.63, 3.8) is 0 Å². The van der Waals surface area contributed by atoms with Gasteiger partial charge in [-0.25, -0.2) is 0 Å². The van der Waals surface area contributed by atoms with Gasteiger partial charge in [0.1, 0.15) is 23.5 Å². The summed E-state index contributed by atoms with van der Waals surface area (Å²) in [5.41, 5.74) is 7.68. The Morgan fingerprint density at radius 2 is 1.94 bits per heavy atom. The van der Waals surface area contributed by atoms with Gasteiger partial charge >= 0.3 is 5.97 Å². The summed E-state index contributed by atoms with van der Waals surface area (Å²) in [7, 11) is 1.35. The summed E-state index contributed by atoms with van der Waals surface area (Å²) < 4.78 is 11.1. The van der Waals surface area contributed by atoms with E-state index in [9.17, 15) is 14.7 Å². The lowest BCUT2D eigenvalue weighted by Gasteiger charge is -2.17. The summed E-state index contributed by atoms with van der Waals surface area (Å²) in [5, 5.41) is 12.6. The first-order valence-corrected chi connectivity index (χ1v) is 10.8. The van der Waals surface area contributed by atoms with E-state index in [1.165, 1.54) is 7.11 Å². The lowest BCUT2D eigenvalue weighted by atomic mass is 9.90. The minimum Gasteiger partial charge on any atom is -0.508 e. The highest BCUT2D eigenvalue weighted by Gasteiger charge is 2.41. The first kappa shape index (κ1) is 23.5. The topological polar surface area (TPSA) is 111 Å². The molecule has 0 amide bonds. The quantitative estimate of drug-likeness (QED) is 0.213. The SMILES string of the molecule is COC(=O)C1c2cc(/C=C/C(=O)CCCCCNCN)ccc2OC1c1ccc(O)cc1. The number of aromatic hydroxyl groups is 1. The third-order valence-electron chi connectivity index (χ3n) is 5.49. The molecule has 4 N–H and O–H groups in total. The van der Waals surface area contributed by atoms with Crippen molar-refractivity contribution < 1.29 is 24.2 Å². The highest BCUT2D eigenvalue weighted by atomic mass is 16.5. The minimum atomic E-state index is -0.634. The molecule has 2 unspecified atom stereocenters. The first-order chi connectivity index (χ1) is 15.5. The van der Waals surface area contributed by atoms with Gasteiger partial charge in [0.2, 0.25) is 0 Å². The number of rotatable bonds is 11. The van der Waals surface area contributed by atoms with Crippen molar-refractivity contribution in [2.45, 2.75) is 37.7 Å². The zero-order valence-electron chi connectivity index (χ0n) is 18.3. The van der Waals surface area contributed by atoms with Crippen LogP contribution < -0.4 is 15.8 Å². The highest BCUT2D eigenvalue weighted by Crippen LogP contribution is 2.47. The number of methoxy groups -OCH3 is 1. The Morgan fingerprint density at radius 3 is 2.66 bits per heavy atom. The van der Waals surface area contributed by atoms with Gasteiger partial charge in [-0.2, -0.15) is 0 Å². The van der Waals surface area contributed by atoms with Crippen molar-refractivity contribution in [3.8, 4) is 11.5 Å². The van der Waals surface area contributed by atoms with Crippen LogP contribution in [-0.4, -0.2) is 37.2 Å². The molecule has 0 saturated carbocycles. The number of phenols is 1. The van der Waals surface area contributed by atoms with Crippen LogP contribution in [0.2, 0.25) is 0 Å². The fourth-order valence-electron chi connectivity index (χ4n) is 3.79. The maximum absolute atomic E-state index is 12.6. The van der Waals surface area contributed by atoms with E-state index < -0.39 is 18.0 Å². The number of carbonyl (C=O) groups is 2. The molecule has 0 radical (unpaired) electrons. The summed E-state index contributed by atoms with van der Waals surface area (Å²) in [5.74, 6) is -0.217. The molecule has 2 aromatic rings. The van der Waals surface area contributed by atoms with Crippen LogP contribution in [0.1, 0.15) is 54.4 Å². The molecular weight excluding hydrogens is 408 g/mol. The number of carbonyl (C=O) groups excluding carboxylic acids is 2. The smallest absolute Gasteiger partial charge is 0.317 e. The van der Waals surface area contributed by atoms with E-state index in [1.807, 2.05) is 12.1 Å². The number of unbranched alkanes of at least 4 members (excludes halogenated alkanes) is 2. The van der Waals surface area contributed by atoms with Gasteiger partial charge in [0.25, 0.3) is 0 Å². The summed E-state index contributed by atoms with van der Waals surface area (Å²) in [6.45, 7) is 1.34. The van der Waals surface area contributed by atoms with Crippen LogP contribution in [0.5, 0.6) is 11.5 Å². The number of hydrogen-bond acceptors (Lipinski definition) is 7. The number of ether oxygens (including phenoxy) is 2. The third kappa shape index (κ3) is 5.96. The predicted molar refractivity (Wildman–Crippen MR) is 122 cm³/mol. The number of nitrogens with two attached hydrogens (primary N) is 1. The van der Waals surface area contributed by atoms with Gasteiger partial charge in [0.05, 0.1) is 7.11 Å². The zero-order valence-corrected chi connectivity index (χ0v) is 18.3. The zero-order chi connectivity index (χ0) is 22.9. The number of phenolic OH excluding ortho intramolecular Hbond substituents is 1. The average molecular weight is 439 g/mol. The van der Waals surface area contributed by atoms with E-state index in [-0.39, 0.29) is 11.5 Å². The minimum absolute atomic E-state index is 0.0695. The molecule has 1 heterocycles. The molecule has 1 aliphatic heterocycles. The van der Waals surface area contributed by atoms with Crippen molar-refractivity contribution in [1.82, 2.24) is 5.32 Å². The highest BCUT2D eigenvalue weighted by molar-refractivity contribution is 5.93. The number of nitrogens with one attached hydrogen (secondary N) is 1. The van der Waals surface area contributed by atoms with Crippen molar-refractivity contribution >= 4 is 17.8 Å². The molecule has 7 nitrogen and oxygen atoms in total. The third-order valence-corrected chi connectivity index (χ3v) is 5.49. The Bertz CT molecular complexity index is 955. The van der Waals surface area contributed by atoms with Crippen molar-refractivity contribution in [2.24, 2.45) is 5.73 Å². The predicted octanol–water partition coefficient (Wildman–Crippen LogP) is 3.43. The normalized spacial score (nSPS) is 17.2. The molecule has 0 aromatic heterocycles. The molecule has 7 heteroatoms. The van der Waals surface area contributed by atoms with E-state index in [1.54, 1.807) is 42.5 Å². The summed E-state index contributed by atoms with van der Waals surface area (Å²) in [6, 6.07) is 12.1. The van der Waals surface area contributed by atoms with Gasteiger partial charge in [-0.05, 0) is 60.9 Å². The molecule has 170 valence electrons. The van der Waals surface area contributed by atoms with E-state index in [0.29, 0.717) is 18.8 Å². The second kappa shape index (κ2) is 11.5. The maximum Gasteiger partial charge on any atom is 0.317 e. The molecule has 0 saturated heterocycles. The molecule has 0 aliphatic carbocycles. The van der Waals surface area contributed by atoms with Crippen LogP contribution in [0.3, 0.4) is 0 Å². The number of fused-ring (bicyclic) bond motifs is 1. The Kier molecular flexibility index (Phi) is 8.41.